The highest BCUT2D eigenvalue weighted by atomic mass is 35.5. The average Bonchev–Trinajstić information content (AvgIpc) is 2.59. The molecule has 0 aromatic heterocycles. The van der Waals surface area contributed by atoms with E-state index in [1.165, 1.54) is 0 Å². The number of halogens is 1. The molecule has 0 aliphatic heterocycles. The number of carbonyl (C=O) groups is 2. The van der Waals surface area contributed by atoms with Crippen molar-refractivity contribution in [1.82, 2.24) is 10.6 Å². The fourth-order valence-corrected chi connectivity index (χ4v) is 3.03. The van der Waals surface area contributed by atoms with Gasteiger partial charge in [-0.2, -0.15) is 0 Å². The Balaban J connectivity index is 0.00000312. The van der Waals surface area contributed by atoms with Gasteiger partial charge in [0, 0.05) is 30.1 Å². The summed E-state index contributed by atoms with van der Waals surface area (Å²) in [6.45, 7) is 4.46. The van der Waals surface area contributed by atoms with Crippen LogP contribution in [-0.2, 0) is 11.3 Å². The summed E-state index contributed by atoms with van der Waals surface area (Å²) in [5.74, 6) is 0.0148. The van der Waals surface area contributed by atoms with Crippen molar-refractivity contribution in [1.29, 1.82) is 0 Å². The van der Waals surface area contributed by atoms with Crippen molar-refractivity contribution in [2.75, 3.05) is 0 Å². The molecule has 0 heterocycles. The third kappa shape index (κ3) is 6.67. The maximum atomic E-state index is 12.3. The highest BCUT2D eigenvalue weighted by molar-refractivity contribution is 5.94. The molecule has 0 bridgehead atoms. The molecule has 2 rings (SSSR count). The number of hydrogen-bond donors (Lipinski definition) is 3. The van der Waals surface area contributed by atoms with Gasteiger partial charge in [0.25, 0.3) is 5.91 Å². The summed E-state index contributed by atoms with van der Waals surface area (Å²) < 4.78 is 0. The van der Waals surface area contributed by atoms with Gasteiger partial charge in [-0.15, -0.1) is 12.4 Å². The van der Waals surface area contributed by atoms with Gasteiger partial charge >= 0.3 is 0 Å². The van der Waals surface area contributed by atoms with E-state index in [0.717, 1.165) is 37.7 Å². The first kappa shape index (κ1) is 21.5. The van der Waals surface area contributed by atoms with Gasteiger partial charge in [0.1, 0.15) is 0 Å². The Morgan fingerprint density at radius 3 is 2.76 bits per heavy atom. The van der Waals surface area contributed by atoms with Gasteiger partial charge in [-0.05, 0) is 50.3 Å². The predicted molar refractivity (Wildman–Crippen MR) is 103 cm³/mol. The van der Waals surface area contributed by atoms with E-state index < -0.39 is 0 Å². The predicted octanol–water partition coefficient (Wildman–Crippen LogP) is 2.77. The zero-order chi connectivity index (χ0) is 17.5. The van der Waals surface area contributed by atoms with E-state index >= 15 is 0 Å². The number of benzene rings is 1. The third-order valence-corrected chi connectivity index (χ3v) is 4.73. The molecule has 5 nitrogen and oxygen atoms in total. The van der Waals surface area contributed by atoms with E-state index in [1.807, 2.05) is 32.0 Å². The number of amides is 2. The Labute approximate surface area is 156 Å². The first-order chi connectivity index (χ1) is 11.5. The highest BCUT2D eigenvalue weighted by Crippen LogP contribution is 2.23. The van der Waals surface area contributed by atoms with Gasteiger partial charge in [0.05, 0.1) is 0 Å². The molecule has 3 atom stereocenters. The van der Waals surface area contributed by atoms with Crippen LogP contribution in [0.5, 0.6) is 0 Å². The summed E-state index contributed by atoms with van der Waals surface area (Å²) in [6, 6.07) is 7.70. The highest BCUT2D eigenvalue weighted by Gasteiger charge is 2.25. The minimum absolute atomic E-state index is 0. The molecule has 25 heavy (non-hydrogen) atoms. The van der Waals surface area contributed by atoms with Crippen molar-refractivity contribution >= 4 is 24.2 Å². The first-order valence-corrected chi connectivity index (χ1v) is 8.92. The second-order valence-corrected chi connectivity index (χ2v) is 6.82. The summed E-state index contributed by atoms with van der Waals surface area (Å²) in [5.41, 5.74) is 7.51. The molecule has 1 aromatic rings. The molecule has 0 spiro atoms. The van der Waals surface area contributed by atoms with E-state index in [4.69, 9.17) is 5.73 Å². The lowest BCUT2D eigenvalue weighted by molar-refractivity contribution is -0.126. The molecule has 0 radical (unpaired) electrons. The van der Waals surface area contributed by atoms with Gasteiger partial charge in [-0.25, -0.2) is 0 Å². The van der Waals surface area contributed by atoms with Crippen molar-refractivity contribution in [3.8, 4) is 0 Å². The lowest BCUT2D eigenvalue weighted by Crippen LogP contribution is -2.37. The molecule has 140 valence electrons. The first-order valence-electron chi connectivity index (χ1n) is 8.92. The fourth-order valence-electron chi connectivity index (χ4n) is 3.03. The second-order valence-electron chi connectivity index (χ2n) is 6.82. The largest absolute Gasteiger partial charge is 0.352 e. The van der Waals surface area contributed by atoms with Crippen molar-refractivity contribution < 1.29 is 9.59 Å². The fraction of sp³-hybridized carbons (Fsp3) is 0.579. The Morgan fingerprint density at radius 1 is 1.32 bits per heavy atom. The lowest BCUT2D eigenvalue weighted by atomic mass is 9.85. The van der Waals surface area contributed by atoms with Crippen LogP contribution in [0, 0.1) is 5.92 Å². The van der Waals surface area contributed by atoms with Crippen LogP contribution in [-0.4, -0.2) is 23.9 Å². The zero-order valence-electron chi connectivity index (χ0n) is 15.1. The molecule has 1 aliphatic carbocycles. The maximum absolute atomic E-state index is 12.3. The van der Waals surface area contributed by atoms with E-state index in [-0.39, 0.29) is 42.2 Å². The number of hydrogen-bond acceptors (Lipinski definition) is 3. The summed E-state index contributed by atoms with van der Waals surface area (Å²) in [5, 5.41) is 5.94. The van der Waals surface area contributed by atoms with Crippen LogP contribution < -0.4 is 16.4 Å². The molecule has 6 heteroatoms. The van der Waals surface area contributed by atoms with Crippen LogP contribution in [0.25, 0.3) is 0 Å². The van der Waals surface area contributed by atoms with Gasteiger partial charge in [0.15, 0.2) is 0 Å². The van der Waals surface area contributed by atoms with E-state index in [9.17, 15) is 9.59 Å². The Morgan fingerprint density at radius 2 is 2.08 bits per heavy atom. The monoisotopic (exact) mass is 367 g/mol. The normalized spacial score (nSPS) is 20.9. The van der Waals surface area contributed by atoms with E-state index in [2.05, 4.69) is 10.6 Å². The summed E-state index contributed by atoms with van der Waals surface area (Å²) in [4.78, 5) is 24.4. The van der Waals surface area contributed by atoms with Gasteiger partial charge in [0.2, 0.25) is 5.91 Å². The molecular weight excluding hydrogens is 338 g/mol. The molecular formula is C19H30ClN3O2. The third-order valence-electron chi connectivity index (χ3n) is 4.73. The molecule has 1 aliphatic rings. The molecule has 3 unspecified atom stereocenters. The Kier molecular flexibility index (Phi) is 8.93. The van der Waals surface area contributed by atoms with Crippen molar-refractivity contribution in [2.45, 2.75) is 64.6 Å². The number of nitrogens with two attached hydrogens (primary N) is 1. The van der Waals surface area contributed by atoms with Crippen LogP contribution in [0.2, 0.25) is 0 Å². The van der Waals surface area contributed by atoms with Crippen molar-refractivity contribution in [3.63, 3.8) is 0 Å². The lowest BCUT2D eigenvalue weighted by Gasteiger charge is -2.25. The minimum Gasteiger partial charge on any atom is -0.352 e. The molecule has 1 aromatic carbocycles. The van der Waals surface area contributed by atoms with Crippen molar-refractivity contribution in [3.05, 3.63) is 35.4 Å². The molecule has 1 fully saturated rings. The molecule has 0 saturated heterocycles. The van der Waals surface area contributed by atoms with Crippen LogP contribution in [0.3, 0.4) is 0 Å². The number of carbonyl (C=O) groups excluding carboxylic acids is 2. The smallest absolute Gasteiger partial charge is 0.251 e. The van der Waals surface area contributed by atoms with E-state index in [0.29, 0.717) is 12.1 Å². The summed E-state index contributed by atoms with van der Waals surface area (Å²) >= 11 is 0. The maximum Gasteiger partial charge on any atom is 0.251 e. The average molecular weight is 368 g/mol. The summed E-state index contributed by atoms with van der Waals surface area (Å²) in [6.07, 6.45) is 4.60. The van der Waals surface area contributed by atoms with Crippen LogP contribution in [0.4, 0.5) is 0 Å². The molecule has 1 saturated carbocycles. The van der Waals surface area contributed by atoms with Crippen LogP contribution in [0.1, 0.15) is 61.9 Å². The topological polar surface area (TPSA) is 84.2 Å². The number of nitrogens with one attached hydrogen (secondary N) is 2. The van der Waals surface area contributed by atoms with Crippen LogP contribution >= 0.6 is 12.4 Å². The van der Waals surface area contributed by atoms with Gasteiger partial charge < -0.3 is 16.4 Å². The standard InChI is InChI=1S/C19H29N3O2.ClH/c1-3-13(2)22-19(24)15-7-4-6-14(10-15)12-21-18(23)16-8-5-9-17(20)11-16;/h4,6-7,10,13,16-17H,3,5,8-9,11-12,20H2,1-2H3,(H,21,23)(H,22,24);1H. The summed E-state index contributed by atoms with van der Waals surface area (Å²) in [7, 11) is 0. The van der Waals surface area contributed by atoms with Crippen LogP contribution in [0.15, 0.2) is 24.3 Å². The Hall–Kier alpha value is -1.59. The Bertz CT molecular complexity index is 580. The van der Waals surface area contributed by atoms with Gasteiger partial charge in [-0.1, -0.05) is 25.5 Å². The quantitative estimate of drug-likeness (QED) is 0.722. The van der Waals surface area contributed by atoms with Crippen molar-refractivity contribution in [2.24, 2.45) is 11.7 Å². The zero-order valence-corrected chi connectivity index (χ0v) is 15.9. The molecule has 4 N–H and O–H groups in total. The number of rotatable bonds is 6. The SMILES string of the molecule is CCC(C)NC(=O)c1cccc(CNC(=O)C2CCCC(N)C2)c1.Cl. The molecule has 2 amide bonds. The second kappa shape index (κ2) is 10.4. The van der Waals surface area contributed by atoms with Gasteiger partial charge in [-0.3, -0.25) is 9.59 Å². The minimum atomic E-state index is -0.0734. The van der Waals surface area contributed by atoms with E-state index in [1.54, 1.807) is 6.07 Å².